The number of carbonyl (C=O) groups is 2. The first kappa shape index (κ1) is 22.1. The van der Waals surface area contributed by atoms with Crippen LogP contribution < -0.4 is 5.32 Å². The normalized spacial score (nSPS) is 14.7. The lowest BCUT2D eigenvalue weighted by Crippen LogP contribution is -2.37. The van der Waals surface area contributed by atoms with Crippen LogP contribution in [0.5, 0.6) is 0 Å². The first-order valence-corrected chi connectivity index (χ1v) is 11.6. The van der Waals surface area contributed by atoms with Crippen molar-refractivity contribution in [2.45, 2.75) is 45.7 Å². The van der Waals surface area contributed by atoms with Crippen molar-refractivity contribution in [3.8, 4) is 22.0 Å². The van der Waals surface area contributed by atoms with Crippen molar-refractivity contribution in [2.75, 3.05) is 13.1 Å². The molecule has 168 valence electrons. The first-order valence-electron chi connectivity index (χ1n) is 10.7. The predicted molar refractivity (Wildman–Crippen MR) is 122 cm³/mol. The van der Waals surface area contributed by atoms with Gasteiger partial charge >= 0.3 is 0 Å². The van der Waals surface area contributed by atoms with Gasteiger partial charge in [0.25, 0.3) is 5.91 Å². The summed E-state index contributed by atoms with van der Waals surface area (Å²) in [4.78, 5) is 35.3. The van der Waals surface area contributed by atoms with Crippen molar-refractivity contribution >= 4 is 23.2 Å². The molecule has 32 heavy (non-hydrogen) atoms. The van der Waals surface area contributed by atoms with E-state index in [0.29, 0.717) is 29.5 Å². The zero-order valence-electron chi connectivity index (χ0n) is 18.3. The molecule has 0 saturated carbocycles. The Morgan fingerprint density at radius 3 is 2.50 bits per heavy atom. The number of nitrogens with zero attached hydrogens (tertiary/aromatic N) is 4. The number of nitrogens with one attached hydrogen (secondary N) is 1. The van der Waals surface area contributed by atoms with Crippen molar-refractivity contribution < 1.29 is 14.0 Å². The number of amides is 2. The van der Waals surface area contributed by atoms with Crippen molar-refractivity contribution in [3.63, 3.8) is 0 Å². The fraction of sp³-hybridized carbons (Fsp3) is 0.391. The van der Waals surface area contributed by atoms with Gasteiger partial charge in [0.15, 0.2) is 0 Å². The van der Waals surface area contributed by atoms with Gasteiger partial charge in [0.05, 0.1) is 12.0 Å². The summed E-state index contributed by atoms with van der Waals surface area (Å²) in [6.07, 6.45) is 3.40. The van der Waals surface area contributed by atoms with E-state index in [0.717, 1.165) is 24.1 Å². The second kappa shape index (κ2) is 9.20. The molecule has 0 spiro atoms. The lowest BCUT2D eigenvalue weighted by Gasteiger charge is -2.32. The largest absolute Gasteiger partial charge is 0.349 e. The number of likely N-dealkylation sites (tertiary alicyclic amines) is 1. The molecular formula is C23H26FN5O2S. The lowest BCUT2D eigenvalue weighted by atomic mass is 10.0. The van der Waals surface area contributed by atoms with Crippen LogP contribution in [0.3, 0.4) is 0 Å². The van der Waals surface area contributed by atoms with Gasteiger partial charge in [-0.2, -0.15) is 0 Å². The van der Waals surface area contributed by atoms with Crippen molar-refractivity contribution in [1.29, 1.82) is 0 Å². The molecule has 0 unspecified atom stereocenters. The quantitative estimate of drug-likeness (QED) is 0.627. The average molecular weight is 456 g/mol. The van der Waals surface area contributed by atoms with E-state index in [9.17, 15) is 14.0 Å². The maximum atomic E-state index is 13.5. The minimum absolute atomic E-state index is 0.0133. The third-order valence-corrected chi connectivity index (χ3v) is 6.42. The number of halogens is 1. The summed E-state index contributed by atoms with van der Waals surface area (Å²) in [5, 5.41) is 5.30. The molecule has 0 bridgehead atoms. The second-order valence-electron chi connectivity index (χ2n) is 8.26. The van der Waals surface area contributed by atoms with Gasteiger partial charge in [0, 0.05) is 43.0 Å². The lowest BCUT2D eigenvalue weighted by molar-refractivity contribution is -0.130. The van der Waals surface area contributed by atoms with Crippen molar-refractivity contribution in [1.82, 2.24) is 24.8 Å². The van der Waals surface area contributed by atoms with E-state index >= 15 is 0 Å². The van der Waals surface area contributed by atoms with E-state index in [1.54, 1.807) is 30.8 Å². The Morgan fingerprint density at radius 1 is 1.19 bits per heavy atom. The van der Waals surface area contributed by atoms with Crippen LogP contribution in [0.2, 0.25) is 0 Å². The molecule has 1 saturated heterocycles. The highest BCUT2D eigenvalue weighted by Gasteiger charge is 2.27. The first-order chi connectivity index (χ1) is 15.3. The summed E-state index contributed by atoms with van der Waals surface area (Å²) in [6.45, 7) is 6.77. The third-order valence-electron chi connectivity index (χ3n) is 5.57. The minimum atomic E-state index is -0.312. The maximum Gasteiger partial charge on any atom is 0.270 e. The van der Waals surface area contributed by atoms with Crippen LogP contribution in [0.4, 0.5) is 4.39 Å². The maximum absolute atomic E-state index is 13.5. The van der Waals surface area contributed by atoms with Crippen LogP contribution in [0.1, 0.15) is 50.1 Å². The van der Waals surface area contributed by atoms with Crippen molar-refractivity contribution in [2.24, 2.45) is 0 Å². The topological polar surface area (TPSA) is 80.1 Å². The van der Waals surface area contributed by atoms with Crippen LogP contribution in [-0.4, -0.2) is 50.4 Å². The fourth-order valence-electron chi connectivity index (χ4n) is 3.95. The molecule has 1 fully saturated rings. The highest BCUT2D eigenvalue weighted by Crippen LogP contribution is 2.37. The molecule has 3 aromatic rings. The monoisotopic (exact) mass is 455 g/mol. The van der Waals surface area contributed by atoms with E-state index in [2.05, 4.69) is 19.9 Å². The molecular weight excluding hydrogens is 429 g/mol. The average Bonchev–Trinajstić information content (AvgIpc) is 3.41. The Hall–Kier alpha value is -3.07. The number of benzene rings is 1. The molecule has 1 aliphatic rings. The number of rotatable bonds is 5. The molecule has 9 heteroatoms. The molecule has 0 atom stereocenters. The Balaban J connectivity index is 1.73. The zero-order chi connectivity index (χ0) is 22.8. The van der Waals surface area contributed by atoms with E-state index in [1.165, 1.54) is 23.5 Å². The zero-order valence-corrected chi connectivity index (χ0v) is 19.2. The molecule has 2 amide bonds. The van der Waals surface area contributed by atoms with Gasteiger partial charge in [-0.15, -0.1) is 11.3 Å². The minimum Gasteiger partial charge on any atom is -0.349 e. The summed E-state index contributed by atoms with van der Waals surface area (Å²) in [6, 6.07) is 6.38. The van der Waals surface area contributed by atoms with Crippen LogP contribution >= 0.6 is 11.3 Å². The third kappa shape index (κ3) is 4.57. The van der Waals surface area contributed by atoms with Gasteiger partial charge in [-0.25, -0.2) is 14.4 Å². The van der Waals surface area contributed by atoms with Crippen LogP contribution in [0.25, 0.3) is 22.0 Å². The Morgan fingerprint density at radius 2 is 1.88 bits per heavy atom. The Bertz CT molecular complexity index is 1110. The SMILES string of the molecule is CC(=O)N1CCC(n2cnc(-c3ccc(F)cc3)c2-c2nc(C(=O)NC(C)C)cs2)CC1. The summed E-state index contributed by atoms with van der Waals surface area (Å²) in [5.41, 5.74) is 2.66. The molecule has 0 radical (unpaired) electrons. The molecule has 3 heterocycles. The molecule has 1 aliphatic heterocycles. The smallest absolute Gasteiger partial charge is 0.270 e. The van der Waals surface area contributed by atoms with Gasteiger partial charge in [-0.3, -0.25) is 9.59 Å². The number of thiazole rings is 1. The molecule has 0 aliphatic carbocycles. The fourth-order valence-corrected chi connectivity index (χ4v) is 4.80. The second-order valence-corrected chi connectivity index (χ2v) is 9.12. The Kier molecular flexibility index (Phi) is 6.36. The number of carbonyl (C=O) groups excluding carboxylic acids is 2. The van der Waals surface area contributed by atoms with Crippen molar-refractivity contribution in [3.05, 3.63) is 47.5 Å². The summed E-state index contributed by atoms with van der Waals surface area (Å²) in [7, 11) is 0. The number of aromatic nitrogens is 3. The predicted octanol–water partition coefficient (Wildman–Crippen LogP) is 4.13. The van der Waals surface area contributed by atoms with E-state index < -0.39 is 0 Å². The number of hydrogen-bond donors (Lipinski definition) is 1. The summed E-state index contributed by atoms with van der Waals surface area (Å²) >= 11 is 1.39. The summed E-state index contributed by atoms with van der Waals surface area (Å²) < 4.78 is 15.6. The van der Waals surface area contributed by atoms with Crippen LogP contribution in [0.15, 0.2) is 36.0 Å². The molecule has 7 nitrogen and oxygen atoms in total. The van der Waals surface area contributed by atoms with Gasteiger partial charge in [-0.1, -0.05) is 0 Å². The highest BCUT2D eigenvalue weighted by molar-refractivity contribution is 7.13. The van der Waals surface area contributed by atoms with E-state index in [-0.39, 0.29) is 29.7 Å². The molecule has 1 N–H and O–H groups in total. The standard InChI is InChI=1S/C23H26FN5O2S/c1-14(2)26-22(31)19-12-32-23(27-19)21-20(16-4-6-17(24)7-5-16)25-13-29(21)18-8-10-28(11-9-18)15(3)30/h4-7,12-14,18H,8-11H2,1-3H3,(H,26,31). The van der Waals surface area contributed by atoms with Crippen LogP contribution in [-0.2, 0) is 4.79 Å². The molecule has 1 aromatic carbocycles. The van der Waals surface area contributed by atoms with Gasteiger partial charge in [0.2, 0.25) is 5.91 Å². The van der Waals surface area contributed by atoms with Gasteiger partial charge in [0.1, 0.15) is 22.2 Å². The number of imidazole rings is 1. The van der Waals surface area contributed by atoms with E-state index in [4.69, 9.17) is 0 Å². The Labute approximate surface area is 190 Å². The number of piperidine rings is 1. The molecule has 2 aromatic heterocycles. The van der Waals surface area contributed by atoms with Gasteiger partial charge < -0.3 is 14.8 Å². The van der Waals surface area contributed by atoms with E-state index in [1.807, 2.05) is 18.7 Å². The van der Waals surface area contributed by atoms with Gasteiger partial charge in [-0.05, 0) is 51.0 Å². The van der Waals surface area contributed by atoms with Crippen LogP contribution in [0, 0.1) is 5.82 Å². The molecule has 4 rings (SSSR count). The number of hydrogen-bond acceptors (Lipinski definition) is 5. The summed E-state index contributed by atoms with van der Waals surface area (Å²) in [5.74, 6) is -0.443. The highest BCUT2D eigenvalue weighted by atomic mass is 32.1.